The molecule has 1 aliphatic rings. The molecule has 1 saturated heterocycles. The van der Waals surface area contributed by atoms with E-state index in [1.165, 1.54) is 0 Å². The molecule has 1 fully saturated rings. The van der Waals surface area contributed by atoms with Gasteiger partial charge in [0.05, 0.1) is 29.6 Å². The molecular formula is C16H20N4O2. The standard InChI is InChI=1S/C16H20N4O2/c21-14(9-16(22)7-4-8-17-11-16)19-13-10-18-20-15(13)12-5-2-1-3-6-12/h1-3,5-6,10,17,22H,4,7-9,11H2,(H,18,20)(H,19,21). The fraction of sp³-hybridized carbons (Fsp3) is 0.375. The lowest BCUT2D eigenvalue weighted by atomic mass is 9.90. The van der Waals surface area contributed by atoms with Crippen LogP contribution in [0.1, 0.15) is 19.3 Å². The highest BCUT2D eigenvalue weighted by Crippen LogP contribution is 2.26. The van der Waals surface area contributed by atoms with E-state index in [1.54, 1.807) is 6.20 Å². The molecule has 1 amide bonds. The largest absolute Gasteiger partial charge is 0.388 e. The van der Waals surface area contributed by atoms with Gasteiger partial charge in [0.15, 0.2) is 0 Å². The van der Waals surface area contributed by atoms with Gasteiger partial charge in [-0.05, 0) is 19.4 Å². The van der Waals surface area contributed by atoms with Crippen LogP contribution in [0.4, 0.5) is 5.69 Å². The Morgan fingerprint density at radius 1 is 1.36 bits per heavy atom. The van der Waals surface area contributed by atoms with Crippen LogP contribution in [-0.4, -0.2) is 39.9 Å². The molecule has 1 unspecified atom stereocenters. The first-order valence-corrected chi connectivity index (χ1v) is 7.48. The van der Waals surface area contributed by atoms with Gasteiger partial charge in [0, 0.05) is 12.1 Å². The van der Waals surface area contributed by atoms with Crippen molar-refractivity contribution in [2.45, 2.75) is 24.9 Å². The Hall–Kier alpha value is -2.18. The Balaban J connectivity index is 1.69. The number of carbonyl (C=O) groups is 1. The quantitative estimate of drug-likeness (QED) is 0.689. The molecule has 1 aliphatic heterocycles. The van der Waals surface area contributed by atoms with E-state index in [0.29, 0.717) is 18.7 Å². The van der Waals surface area contributed by atoms with E-state index in [4.69, 9.17) is 0 Å². The van der Waals surface area contributed by atoms with Gasteiger partial charge in [-0.25, -0.2) is 0 Å². The van der Waals surface area contributed by atoms with Crippen molar-refractivity contribution >= 4 is 11.6 Å². The smallest absolute Gasteiger partial charge is 0.227 e. The Morgan fingerprint density at radius 2 is 2.18 bits per heavy atom. The Labute approximate surface area is 128 Å². The van der Waals surface area contributed by atoms with Gasteiger partial charge in [-0.3, -0.25) is 9.89 Å². The molecule has 4 N–H and O–H groups in total. The van der Waals surface area contributed by atoms with Crippen molar-refractivity contribution in [2.75, 3.05) is 18.4 Å². The molecule has 22 heavy (non-hydrogen) atoms. The number of benzene rings is 1. The zero-order chi connectivity index (χ0) is 15.4. The van der Waals surface area contributed by atoms with E-state index >= 15 is 0 Å². The summed E-state index contributed by atoms with van der Waals surface area (Å²) in [4.78, 5) is 12.2. The number of carbonyl (C=O) groups excluding carboxylic acids is 1. The number of H-pyrrole nitrogens is 1. The fourth-order valence-corrected chi connectivity index (χ4v) is 2.80. The third-order valence-corrected chi connectivity index (χ3v) is 3.92. The number of amides is 1. The molecule has 0 aliphatic carbocycles. The van der Waals surface area contributed by atoms with Gasteiger partial charge in [0.25, 0.3) is 0 Å². The molecule has 1 atom stereocenters. The Morgan fingerprint density at radius 3 is 2.91 bits per heavy atom. The van der Waals surface area contributed by atoms with Gasteiger partial charge in [-0.1, -0.05) is 30.3 Å². The number of aromatic amines is 1. The molecule has 2 heterocycles. The average Bonchev–Trinajstić information content (AvgIpc) is 2.96. The van der Waals surface area contributed by atoms with Crippen LogP contribution in [0.5, 0.6) is 0 Å². The summed E-state index contributed by atoms with van der Waals surface area (Å²) in [6.45, 7) is 1.35. The lowest BCUT2D eigenvalue weighted by Gasteiger charge is -2.31. The van der Waals surface area contributed by atoms with Crippen molar-refractivity contribution in [2.24, 2.45) is 0 Å². The van der Waals surface area contributed by atoms with Crippen LogP contribution in [-0.2, 0) is 4.79 Å². The molecule has 0 bridgehead atoms. The lowest BCUT2D eigenvalue weighted by molar-refractivity contribution is -0.121. The van der Waals surface area contributed by atoms with Crippen LogP contribution in [0.15, 0.2) is 36.5 Å². The number of hydrogen-bond donors (Lipinski definition) is 4. The number of aliphatic hydroxyl groups is 1. The van der Waals surface area contributed by atoms with E-state index in [9.17, 15) is 9.90 Å². The van der Waals surface area contributed by atoms with E-state index in [1.807, 2.05) is 30.3 Å². The fourth-order valence-electron chi connectivity index (χ4n) is 2.80. The molecule has 3 rings (SSSR count). The maximum Gasteiger partial charge on any atom is 0.227 e. The number of β-amino-alcohol motifs (C(OH)–C–C–N with tert-alkyl or cyclic N) is 1. The molecule has 1 aromatic carbocycles. The molecule has 2 aromatic rings. The molecule has 1 aromatic heterocycles. The topological polar surface area (TPSA) is 90.0 Å². The molecule has 6 nitrogen and oxygen atoms in total. The molecule has 0 saturated carbocycles. The third kappa shape index (κ3) is 3.35. The van der Waals surface area contributed by atoms with Crippen molar-refractivity contribution in [3.05, 3.63) is 36.5 Å². The van der Waals surface area contributed by atoms with E-state index in [2.05, 4.69) is 20.8 Å². The normalized spacial score (nSPS) is 21.5. The predicted molar refractivity (Wildman–Crippen MR) is 84.3 cm³/mol. The van der Waals surface area contributed by atoms with Crippen molar-refractivity contribution in [3.8, 4) is 11.3 Å². The number of nitrogens with zero attached hydrogens (tertiary/aromatic N) is 1. The second-order valence-electron chi connectivity index (χ2n) is 5.75. The summed E-state index contributed by atoms with van der Waals surface area (Å²) in [5.41, 5.74) is 1.39. The van der Waals surface area contributed by atoms with Crippen LogP contribution in [0.25, 0.3) is 11.3 Å². The van der Waals surface area contributed by atoms with Crippen LogP contribution < -0.4 is 10.6 Å². The molecule has 6 heteroatoms. The molecule has 116 valence electrons. The van der Waals surface area contributed by atoms with Crippen LogP contribution >= 0.6 is 0 Å². The van der Waals surface area contributed by atoms with E-state index in [-0.39, 0.29) is 12.3 Å². The third-order valence-electron chi connectivity index (χ3n) is 3.92. The highest BCUT2D eigenvalue weighted by atomic mass is 16.3. The van der Waals surface area contributed by atoms with Crippen LogP contribution in [0, 0.1) is 0 Å². The number of nitrogens with one attached hydrogen (secondary N) is 3. The molecule has 0 spiro atoms. The summed E-state index contributed by atoms with van der Waals surface area (Å²) in [6, 6.07) is 9.68. The van der Waals surface area contributed by atoms with Gasteiger partial charge < -0.3 is 15.7 Å². The maximum atomic E-state index is 12.2. The van der Waals surface area contributed by atoms with Gasteiger partial charge in [0.2, 0.25) is 5.91 Å². The van der Waals surface area contributed by atoms with Gasteiger partial charge >= 0.3 is 0 Å². The number of hydrogen-bond acceptors (Lipinski definition) is 4. The molecular weight excluding hydrogens is 280 g/mol. The maximum absolute atomic E-state index is 12.2. The second-order valence-corrected chi connectivity index (χ2v) is 5.75. The Bertz CT molecular complexity index is 633. The van der Waals surface area contributed by atoms with Crippen molar-refractivity contribution in [1.82, 2.24) is 15.5 Å². The number of anilines is 1. The summed E-state index contributed by atoms with van der Waals surface area (Å²) in [7, 11) is 0. The van der Waals surface area contributed by atoms with Crippen molar-refractivity contribution in [3.63, 3.8) is 0 Å². The van der Waals surface area contributed by atoms with Crippen LogP contribution in [0.2, 0.25) is 0 Å². The summed E-state index contributed by atoms with van der Waals surface area (Å²) in [6.07, 6.45) is 3.19. The average molecular weight is 300 g/mol. The minimum Gasteiger partial charge on any atom is -0.388 e. The summed E-state index contributed by atoms with van der Waals surface area (Å²) < 4.78 is 0. The first kappa shape index (κ1) is 14.7. The highest BCUT2D eigenvalue weighted by Gasteiger charge is 2.32. The van der Waals surface area contributed by atoms with E-state index < -0.39 is 5.60 Å². The predicted octanol–water partition coefficient (Wildman–Crippen LogP) is 1.52. The lowest BCUT2D eigenvalue weighted by Crippen LogP contribution is -2.47. The number of piperidine rings is 1. The van der Waals surface area contributed by atoms with Gasteiger partial charge in [-0.2, -0.15) is 5.10 Å². The minimum absolute atomic E-state index is 0.0827. The minimum atomic E-state index is -0.959. The van der Waals surface area contributed by atoms with Crippen molar-refractivity contribution in [1.29, 1.82) is 0 Å². The van der Waals surface area contributed by atoms with Crippen molar-refractivity contribution < 1.29 is 9.90 Å². The summed E-state index contributed by atoms with van der Waals surface area (Å²) in [5, 5.41) is 23.3. The van der Waals surface area contributed by atoms with Gasteiger partial charge in [-0.15, -0.1) is 0 Å². The van der Waals surface area contributed by atoms with E-state index in [0.717, 1.165) is 24.2 Å². The zero-order valence-electron chi connectivity index (χ0n) is 12.3. The number of rotatable bonds is 4. The Kier molecular flexibility index (Phi) is 4.22. The summed E-state index contributed by atoms with van der Waals surface area (Å²) in [5.74, 6) is -0.204. The second kappa shape index (κ2) is 6.29. The monoisotopic (exact) mass is 300 g/mol. The molecule has 0 radical (unpaired) electrons. The first-order valence-electron chi connectivity index (χ1n) is 7.48. The van der Waals surface area contributed by atoms with Gasteiger partial charge in [0.1, 0.15) is 0 Å². The first-order chi connectivity index (χ1) is 10.7. The number of aromatic nitrogens is 2. The zero-order valence-corrected chi connectivity index (χ0v) is 12.3. The highest BCUT2D eigenvalue weighted by molar-refractivity contribution is 5.95. The van der Waals surface area contributed by atoms with Crippen LogP contribution in [0.3, 0.4) is 0 Å². The summed E-state index contributed by atoms with van der Waals surface area (Å²) >= 11 is 0. The SMILES string of the molecule is O=C(CC1(O)CCCNC1)Nc1cn[nH]c1-c1ccccc1.